The Morgan fingerprint density at radius 3 is 2.61 bits per heavy atom. The lowest BCUT2D eigenvalue weighted by Gasteiger charge is -2.12. The van der Waals surface area contributed by atoms with Crippen molar-refractivity contribution in [3.63, 3.8) is 0 Å². The van der Waals surface area contributed by atoms with E-state index in [0.29, 0.717) is 51.0 Å². The number of carbonyl (C=O) groups excluding carboxylic acids is 1. The van der Waals surface area contributed by atoms with Crippen LogP contribution in [0.2, 0.25) is 10.0 Å². The van der Waals surface area contributed by atoms with Gasteiger partial charge in [-0.25, -0.2) is 4.98 Å². The Labute approximate surface area is 225 Å². The number of anilines is 1. The Morgan fingerprint density at radius 2 is 1.89 bits per heavy atom. The average molecular weight is 542 g/mol. The number of halogens is 2. The molecule has 0 aliphatic rings. The second-order valence-electron chi connectivity index (χ2n) is 8.24. The minimum absolute atomic E-state index is 0.0832. The highest BCUT2D eigenvalue weighted by Gasteiger charge is 2.15. The van der Waals surface area contributed by atoms with E-state index in [1.54, 1.807) is 24.3 Å². The molecule has 186 valence electrons. The molecule has 0 aliphatic heterocycles. The largest absolute Gasteiger partial charge is 0.492 e. The van der Waals surface area contributed by atoms with Gasteiger partial charge in [0.1, 0.15) is 11.3 Å². The number of nitrogens with one attached hydrogen (secondary N) is 2. The highest BCUT2D eigenvalue weighted by molar-refractivity contribution is 7.80. The molecule has 0 aliphatic carbocycles. The predicted octanol–water partition coefficient (Wildman–Crippen LogP) is 7.84. The summed E-state index contributed by atoms with van der Waals surface area (Å²) in [5.41, 5.74) is 4.29. The molecule has 0 radical (unpaired) electrons. The predicted molar refractivity (Wildman–Crippen MR) is 149 cm³/mol. The molecule has 1 atom stereocenters. The maximum atomic E-state index is 12.6. The summed E-state index contributed by atoms with van der Waals surface area (Å²) in [7, 11) is 0. The molecule has 0 saturated heterocycles. The van der Waals surface area contributed by atoms with Crippen LogP contribution < -0.4 is 15.4 Å². The number of thiocarbonyl (C=S) groups is 1. The van der Waals surface area contributed by atoms with Gasteiger partial charge >= 0.3 is 0 Å². The first-order valence-corrected chi connectivity index (χ1v) is 12.7. The minimum atomic E-state index is -0.416. The molecule has 0 saturated carbocycles. The van der Waals surface area contributed by atoms with Crippen LogP contribution in [0.1, 0.15) is 49.0 Å². The molecule has 2 N–H and O–H groups in total. The van der Waals surface area contributed by atoms with Gasteiger partial charge in [0.25, 0.3) is 5.91 Å². The summed E-state index contributed by atoms with van der Waals surface area (Å²) < 4.78 is 11.4. The van der Waals surface area contributed by atoms with E-state index in [2.05, 4.69) is 41.6 Å². The van der Waals surface area contributed by atoms with Gasteiger partial charge in [0, 0.05) is 11.1 Å². The number of rotatable bonds is 7. The van der Waals surface area contributed by atoms with Crippen LogP contribution in [0.3, 0.4) is 0 Å². The van der Waals surface area contributed by atoms with Gasteiger partial charge in [-0.2, -0.15) is 0 Å². The molecule has 4 aromatic rings. The Kier molecular flexibility index (Phi) is 8.14. The van der Waals surface area contributed by atoms with Crippen molar-refractivity contribution in [3.05, 3.63) is 75.8 Å². The molecule has 6 nitrogen and oxygen atoms in total. The maximum absolute atomic E-state index is 12.6. The van der Waals surface area contributed by atoms with Crippen molar-refractivity contribution >= 4 is 63.2 Å². The Bertz CT molecular complexity index is 1440. The minimum Gasteiger partial charge on any atom is -0.492 e. The molecule has 1 aromatic heterocycles. The Balaban J connectivity index is 1.50. The highest BCUT2D eigenvalue weighted by Crippen LogP contribution is 2.32. The summed E-state index contributed by atoms with van der Waals surface area (Å²) in [6, 6.07) is 16.2. The molecule has 36 heavy (non-hydrogen) atoms. The van der Waals surface area contributed by atoms with Gasteiger partial charge in [0.2, 0.25) is 5.89 Å². The summed E-state index contributed by atoms with van der Waals surface area (Å²) in [6.07, 6.45) is 1.05. The van der Waals surface area contributed by atoms with E-state index in [-0.39, 0.29) is 5.11 Å². The fourth-order valence-corrected chi connectivity index (χ4v) is 4.21. The highest BCUT2D eigenvalue weighted by atomic mass is 35.5. The van der Waals surface area contributed by atoms with Gasteiger partial charge in [-0.3, -0.25) is 10.1 Å². The van der Waals surface area contributed by atoms with Crippen LogP contribution in [0.25, 0.3) is 22.6 Å². The fraction of sp³-hybridized carbons (Fsp3) is 0.222. The van der Waals surface area contributed by atoms with E-state index in [1.165, 1.54) is 11.6 Å². The standard InChI is InChI=1S/C27H25Cl2N3O3S/c1-4-15(3)16-7-11-24-22(13-16)30-26(35-24)18-6-9-19(28)21(14-18)31-27(36)32-25(33)17-8-10-23(34-5-2)20(29)12-17/h6-15H,4-5H2,1-3H3,(H2,31,32,33,36)/t15-/m1/s1. The van der Waals surface area contributed by atoms with Gasteiger partial charge < -0.3 is 14.5 Å². The first-order chi connectivity index (χ1) is 17.3. The third kappa shape index (κ3) is 5.81. The van der Waals surface area contributed by atoms with Crippen molar-refractivity contribution in [2.75, 3.05) is 11.9 Å². The van der Waals surface area contributed by atoms with Crippen LogP contribution in [0.5, 0.6) is 5.75 Å². The molecule has 1 heterocycles. The van der Waals surface area contributed by atoms with Gasteiger partial charge in [-0.05, 0) is 85.6 Å². The van der Waals surface area contributed by atoms with Crippen LogP contribution in [0, 0.1) is 0 Å². The second-order valence-corrected chi connectivity index (χ2v) is 9.46. The lowest BCUT2D eigenvalue weighted by molar-refractivity contribution is 0.0977. The summed E-state index contributed by atoms with van der Waals surface area (Å²) in [4.78, 5) is 17.3. The number of hydrogen-bond donors (Lipinski definition) is 2. The molecule has 0 fully saturated rings. The zero-order chi connectivity index (χ0) is 25.8. The number of nitrogens with zero attached hydrogens (tertiary/aromatic N) is 1. The molecule has 0 unspecified atom stereocenters. The van der Waals surface area contributed by atoms with E-state index in [1.807, 2.05) is 19.1 Å². The van der Waals surface area contributed by atoms with E-state index >= 15 is 0 Å². The smallest absolute Gasteiger partial charge is 0.257 e. The molecule has 0 spiro atoms. The van der Waals surface area contributed by atoms with Crippen molar-refractivity contribution in [1.82, 2.24) is 10.3 Å². The number of ether oxygens (including phenoxy) is 1. The number of amides is 1. The van der Waals surface area contributed by atoms with E-state index in [4.69, 9.17) is 44.6 Å². The fourth-order valence-electron chi connectivity index (χ4n) is 3.61. The van der Waals surface area contributed by atoms with E-state index in [0.717, 1.165) is 17.5 Å². The molecular formula is C27H25Cl2N3O3S. The molecular weight excluding hydrogens is 517 g/mol. The quantitative estimate of drug-likeness (QED) is 0.232. The van der Waals surface area contributed by atoms with Crippen molar-refractivity contribution < 1.29 is 13.9 Å². The van der Waals surface area contributed by atoms with E-state index < -0.39 is 5.91 Å². The first-order valence-electron chi connectivity index (χ1n) is 11.5. The summed E-state index contributed by atoms with van der Waals surface area (Å²) in [6.45, 7) is 6.67. The molecule has 1 amide bonds. The third-order valence-electron chi connectivity index (χ3n) is 5.78. The lowest BCUT2D eigenvalue weighted by Crippen LogP contribution is -2.34. The van der Waals surface area contributed by atoms with Crippen molar-refractivity contribution in [1.29, 1.82) is 0 Å². The van der Waals surface area contributed by atoms with Crippen molar-refractivity contribution in [2.24, 2.45) is 0 Å². The number of hydrogen-bond acceptors (Lipinski definition) is 5. The lowest BCUT2D eigenvalue weighted by atomic mass is 9.98. The SMILES string of the molecule is CCOc1ccc(C(=O)NC(=S)Nc2cc(-c3nc4cc([C@H](C)CC)ccc4o3)ccc2Cl)cc1Cl. The van der Waals surface area contributed by atoms with Gasteiger partial charge in [0.15, 0.2) is 10.7 Å². The van der Waals surface area contributed by atoms with Crippen LogP contribution in [0.4, 0.5) is 5.69 Å². The summed E-state index contributed by atoms with van der Waals surface area (Å²) in [5.74, 6) is 0.997. The van der Waals surface area contributed by atoms with Crippen LogP contribution >= 0.6 is 35.4 Å². The zero-order valence-electron chi connectivity index (χ0n) is 20.0. The number of fused-ring (bicyclic) bond motifs is 1. The number of carbonyl (C=O) groups is 1. The third-order valence-corrected chi connectivity index (χ3v) is 6.60. The maximum Gasteiger partial charge on any atom is 0.257 e. The zero-order valence-corrected chi connectivity index (χ0v) is 22.4. The van der Waals surface area contributed by atoms with E-state index in [9.17, 15) is 4.79 Å². The number of aromatic nitrogens is 1. The van der Waals surface area contributed by atoms with Gasteiger partial charge in [-0.1, -0.05) is 43.1 Å². The number of benzene rings is 3. The molecule has 0 bridgehead atoms. The Hall–Kier alpha value is -3.13. The summed E-state index contributed by atoms with van der Waals surface area (Å²) in [5, 5.41) is 6.46. The average Bonchev–Trinajstić information content (AvgIpc) is 3.29. The van der Waals surface area contributed by atoms with Crippen molar-refractivity contribution in [2.45, 2.75) is 33.1 Å². The Morgan fingerprint density at radius 1 is 1.08 bits per heavy atom. The summed E-state index contributed by atoms with van der Waals surface area (Å²) >= 11 is 17.9. The molecule has 9 heteroatoms. The topological polar surface area (TPSA) is 76.4 Å². The van der Waals surface area contributed by atoms with Crippen LogP contribution in [-0.2, 0) is 0 Å². The van der Waals surface area contributed by atoms with Crippen LogP contribution in [-0.4, -0.2) is 22.6 Å². The molecule has 4 rings (SSSR count). The monoisotopic (exact) mass is 541 g/mol. The molecule has 3 aromatic carbocycles. The number of oxazole rings is 1. The van der Waals surface area contributed by atoms with Crippen LogP contribution in [0.15, 0.2) is 59.0 Å². The second kappa shape index (κ2) is 11.3. The first kappa shape index (κ1) is 25.9. The van der Waals surface area contributed by atoms with Gasteiger partial charge in [-0.15, -0.1) is 0 Å². The van der Waals surface area contributed by atoms with Gasteiger partial charge in [0.05, 0.1) is 22.3 Å². The normalized spacial score (nSPS) is 11.8. The van der Waals surface area contributed by atoms with Crippen molar-refractivity contribution in [3.8, 4) is 17.2 Å².